The first-order chi connectivity index (χ1) is 6.91. The van der Waals surface area contributed by atoms with E-state index in [1.165, 1.54) is 4.90 Å². The lowest BCUT2D eigenvalue weighted by Gasteiger charge is -2.22. The molecule has 84 valence electrons. The molecular formula is C11H17NO2S. The fourth-order valence-electron chi connectivity index (χ4n) is 2.55. The van der Waals surface area contributed by atoms with Gasteiger partial charge in [-0.3, -0.25) is 14.5 Å². The maximum atomic E-state index is 11.9. The monoisotopic (exact) mass is 227 g/mol. The summed E-state index contributed by atoms with van der Waals surface area (Å²) in [4.78, 5) is 25.2. The molecular weight excluding hydrogens is 210 g/mol. The highest BCUT2D eigenvalue weighted by Gasteiger charge is 2.72. The first-order valence-corrected chi connectivity index (χ1v) is 6.00. The topological polar surface area (TPSA) is 37.4 Å². The highest BCUT2D eigenvalue weighted by molar-refractivity contribution is 7.80. The maximum absolute atomic E-state index is 11.9. The number of carbonyl (C=O) groups excluding carboxylic acids is 2. The standard InChI is InChI=1S/C11H17NO2S/c1-6(5-15)4-12-9(13)7-8(10(12)14)11(7,2)3/h6-8,15H,4-5H2,1-3H3. The van der Waals surface area contributed by atoms with Gasteiger partial charge >= 0.3 is 0 Å². The molecule has 2 amide bonds. The second-order valence-electron chi connectivity index (χ2n) is 5.35. The van der Waals surface area contributed by atoms with Crippen molar-refractivity contribution in [3.8, 4) is 0 Å². The number of nitrogens with zero attached hydrogens (tertiary/aromatic N) is 1. The van der Waals surface area contributed by atoms with Gasteiger partial charge in [0.25, 0.3) is 0 Å². The average molecular weight is 227 g/mol. The number of amides is 2. The molecule has 2 aliphatic rings. The van der Waals surface area contributed by atoms with Crippen LogP contribution in [-0.2, 0) is 9.59 Å². The van der Waals surface area contributed by atoms with Gasteiger partial charge in [0, 0.05) is 6.54 Å². The van der Waals surface area contributed by atoms with E-state index in [-0.39, 0.29) is 35.0 Å². The largest absolute Gasteiger partial charge is 0.282 e. The Morgan fingerprint density at radius 3 is 2.20 bits per heavy atom. The van der Waals surface area contributed by atoms with E-state index < -0.39 is 0 Å². The van der Waals surface area contributed by atoms with Crippen LogP contribution in [0.3, 0.4) is 0 Å². The number of thiol groups is 1. The number of piperidine rings is 1. The Bertz CT molecular complexity index is 303. The Kier molecular flexibility index (Phi) is 2.37. The molecule has 1 aliphatic carbocycles. The van der Waals surface area contributed by atoms with Crippen LogP contribution < -0.4 is 0 Å². The summed E-state index contributed by atoms with van der Waals surface area (Å²) in [7, 11) is 0. The Hall–Kier alpha value is -0.510. The first kappa shape index (κ1) is 11.0. The van der Waals surface area contributed by atoms with Crippen LogP contribution in [0.15, 0.2) is 0 Å². The molecule has 1 aliphatic heterocycles. The molecule has 1 saturated heterocycles. The number of hydrogen-bond acceptors (Lipinski definition) is 3. The van der Waals surface area contributed by atoms with Crippen LogP contribution >= 0.6 is 12.6 Å². The molecule has 4 heteroatoms. The highest BCUT2D eigenvalue weighted by atomic mass is 32.1. The fourth-order valence-corrected chi connectivity index (χ4v) is 2.67. The summed E-state index contributed by atoms with van der Waals surface area (Å²) in [5.41, 5.74) is -0.0884. The Morgan fingerprint density at radius 2 is 1.80 bits per heavy atom. The fraction of sp³-hybridized carbons (Fsp3) is 0.818. The third-order valence-corrected chi connectivity index (χ3v) is 4.32. The van der Waals surface area contributed by atoms with E-state index in [1.807, 2.05) is 20.8 Å². The number of likely N-dealkylation sites (tertiary alicyclic amines) is 1. The molecule has 2 rings (SSSR count). The van der Waals surface area contributed by atoms with Gasteiger partial charge in [-0.15, -0.1) is 0 Å². The minimum Gasteiger partial charge on any atom is -0.282 e. The molecule has 15 heavy (non-hydrogen) atoms. The van der Waals surface area contributed by atoms with Crippen LogP contribution in [0.5, 0.6) is 0 Å². The third-order valence-electron chi connectivity index (χ3n) is 3.70. The second kappa shape index (κ2) is 3.24. The molecule has 3 nitrogen and oxygen atoms in total. The molecule has 0 bridgehead atoms. The zero-order valence-corrected chi connectivity index (χ0v) is 10.3. The predicted molar refractivity (Wildman–Crippen MR) is 60.5 cm³/mol. The van der Waals surface area contributed by atoms with E-state index in [0.717, 1.165) is 0 Å². The van der Waals surface area contributed by atoms with Crippen LogP contribution in [-0.4, -0.2) is 29.0 Å². The highest BCUT2D eigenvalue weighted by Crippen LogP contribution is 2.63. The molecule has 0 aromatic rings. The summed E-state index contributed by atoms with van der Waals surface area (Å²) >= 11 is 4.17. The van der Waals surface area contributed by atoms with Crippen molar-refractivity contribution < 1.29 is 9.59 Å². The number of fused-ring (bicyclic) bond motifs is 1. The van der Waals surface area contributed by atoms with Gasteiger partial charge in [-0.05, 0) is 17.1 Å². The van der Waals surface area contributed by atoms with Gasteiger partial charge in [0.2, 0.25) is 11.8 Å². The summed E-state index contributed by atoms with van der Waals surface area (Å²) in [5, 5.41) is 0. The molecule has 2 fully saturated rings. The van der Waals surface area contributed by atoms with Crippen molar-refractivity contribution in [3.05, 3.63) is 0 Å². The number of imide groups is 1. The van der Waals surface area contributed by atoms with E-state index in [4.69, 9.17) is 0 Å². The van der Waals surface area contributed by atoms with E-state index >= 15 is 0 Å². The van der Waals surface area contributed by atoms with E-state index in [9.17, 15) is 9.59 Å². The van der Waals surface area contributed by atoms with Gasteiger partial charge in [-0.2, -0.15) is 12.6 Å². The first-order valence-electron chi connectivity index (χ1n) is 5.37. The van der Waals surface area contributed by atoms with Crippen molar-refractivity contribution >= 4 is 24.4 Å². The maximum Gasteiger partial charge on any atom is 0.233 e. The number of rotatable bonds is 3. The SMILES string of the molecule is CC(CS)CN1C(=O)C2C(C1=O)C2(C)C. The van der Waals surface area contributed by atoms with Crippen LogP contribution in [0, 0.1) is 23.2 Å². The summed E-state index contributed by atoms with van der Waals surface area (Å²) in [6.45, 7) is 6.53. The van der Waals surface area contributed by atoms with Gasteiger partial charge in [-0.1, -0.05) is 20.8 Å². The van der Waals surface area contributed by atoms with Gasteiger partial charge in [0.1, 0.15) is 0 Å². The smallest absolute Gasteiger partial charge is 0.233 e. The summed E-state index contributed by atoms with van der Waals surface area (Å²) < 4.78 is 0. The molecule has 1 saturated carbocycles. The molecule has 0 aromatic heterocycles. The lowest BCUT2D eigenvalue weighted by Crippen LogP contribution is -2.39. The summed E-state index contributed by atoms with van der Waals surface area (Å²) in [6, 6.07) is 0. The Balaban J connectivity index is 2.08. The second-order valence-corrected chi connectivity index (χ2v) is 5.72. The van der Waals surface area contributed by atoms with E-state index in [2.05, 4.69) is 12.6 Å². The van der Waals surface area contributed by atoms with Crippen molar-refractivity contribution in [3.63, 3.8) is 0 Å². The molecule has 3 unspecified atom stereocenters. The summed E-state index contributed by atoms with van der Waals surface area (Å²) in [5.74, 6) is 0.957. The van der Waals surface area contributed by atoms with Crippen molar-refractivity contribution in [2.24, 2.45) is 23.2 Å². The van der Waals surface area contributed by atoms with Crippen LogP contribution in [0.1, 0.15) is 20.8 Å². The average Bonchev–Trinajstić information content (AvgIpc) is 2.64. The molecule has 0 radical (unpaired) electrons. The van der Waals surface area contributed by atoms with Crippen LogP contribution in [0.25, 0.3) is 0 Å². The Labute approximate surface area is 95.6 Å². The minimum atomic E-state index is -0.0884. The third kappa shape index (κ3) is 1.41. The zero-order valence-electron chi connectivity index (χ0n) is 9.36. The molecule has 0 aromatic carbocycles. The molecule has 3 atom stereocenters. The molecule has 0 N–H and O–H groups in total. The minimum absolute atomic E-state index is 0.0311. The van der Waals surface area contributed by atoms with E-state index in [0.29, 0.717) is 12.3 Å². The van der Waals surface area contributed by atoms with Crippen molar-refractivity contribution in [1.29, 1.82) is 0 Å². The van der Waals surface area contributed by atoms with Crippen molar-refractivity contribution in [1.82, 2.24) is 4.90 Å². The quantitative estimate of drug-likeness (QED) is 0.581. The zero-order chi connectivity index (χ0) is 11.4. The normalized spacial score (nSPS) is 34.3. The predicted octanol–water partition coefficient (Wildman–Crippen LogP) is 1.19. The van der Waals surface area contributed by atoms with Crippen molar-refractivity contribution in [2.75, 3.05) is 12.3 Å². The van der Waals surface area contributed by atoms with Gasteiger partial charge in [0.05, 0.1) is 11.8 Å². The lowest BCUT2D eigenvalue weighted by atomic mass is 10.0. The van der Waals surface area contributed by atoms with Gasteiger partial charge < -0.3 is 0 Å². The summed E-state index contributed by atoms with van der Waals surface area (Å²) in [6.07, 6.45) is 0. The van der Waals surface area contributed by atoms with E-state index in [1.54, 1.807) is 0 Å². The van der Waals surface area contributed by atoms with Gasteiger partial charge in [0.15, 0.2) is 0 Å². The Morgan fingerprint density at radius 1 is 1.33 bits per heavy atom. The van der Waals surface area contributed by atoms with Crippen LogP contribution in [0.2, 0.25) is 0 Å². The van der Waals surface area contributed by atoms with Gasteiger partial charge in [-0.25, -0.2) is 0 Å². The number of hydrogen-bond donors (Lipinski definition) is 1. The number of carbonyl (C=O) groups is 2. The lowest BCUT2D eigenvalue weighted by molar-refractivity contribution is -0.143. The molecule has 1 heterocycles. The van der Waals surface area contributed by atoms with Crippen LogP contribution in [0.4, 0.5) is 0 Å². The van der Waals surface area contributed by atoms with Crippen molar-refractivity contribution in [2.45, 2.75) is 20.8 Å². The molecule has 0 spiro atoms.